The van der Waals surface area contributed by atoms with E-state index in [0.29, 0.717) is 5.92 Å². The lowest BCUT2D eigenvalue weighted by Gasteiger charge is -2.31. The molecule has 2 heterocycles. The van der Waals surface area contributed by atoms with Crippen molar-refractivity contribution in [2.75, 3.05) is 19.7 Å². The van der Waals surface area contributed by atoms with Crippen molar-refractivity contribution in [2.24, 2.45) is 0 Å². The molecule has 0 radical (unpaired) electrons. The summed E-state index contributed by atoms with van der Waals surface area (Å²) in [5.74, 6) is 2.22. The number of aryl methyl sites for hydroxylation is 1. The second-order valence-corrected chi connectivity index (χ2v) is 7.08. The molecule has 5 nitrogen and oxygen atoms in total. The Bertz CT molecular complexity index is 876. The molecule has 2 aromatic carbocycles. The van der Waals surface area contributed by atoms with Crippen LogP contribution in [0.3, 0.4) is 0 Å². The fraction of sp³-hybridized carbons (Fsp3) is 0.364. The molecule has 1 aliphatic rings. The number of aromatic nitrogens is 2. The summed E-state index contributed by atoms with van der Waals surface area (Å²) < 4.78 is 5.66. The average molecular weight is 363 g/mol. The van der Waals surface area contributed by atoms with Gasteiger partial charge in [0.25, 0.3) is 5.91 Å². The van der Waals surface area contributed by atoms with Gasteiger partial charge in [-0.15, -0.1) is 0 Å². The Morgan fingerprint density at radius 1 is 1.15 bits per heavy atom. The quantitative estimate of drug-likeness (QED) is 0.748. The molecule has 1 fully saturated rings. The van der Waals surface area contributed by atoms with Gasteiger partial charge in [-0.05, 0) is 49.1 Å². The molecule has 1 aromatic heterocycles. The number of ether oxygens (including phenoxy) is 1. The van der Waals surface area contributed by atoms with Crippen LogP contribution in [-0.4, -0.2) is 40.5 Å². The number of imidazole rings is 1. The van der Waals surface area contributed by atoms with E-state index in [1.165, 1.54) is 5.56 Å². The molecule has 0 bridgehead atoms. The number of fused-ring (bicyclic) bond motifs is 1. The molecule has 1 saturated heterocycles. The molecule has 140 valence electrons. The van der Waals surface area contributed by atoms with E-state index in [-0.39, 0.29) is 12.5 Å². The fourth-order valence-electron chi connectivity index (χ4n) is 3.63. The van der Waals surface area contributed by atoms with Gasteiger partial charge >= 0.3 is 0 Å². The van der Waals surface area contributed by atoms with Crippen LogP contribution in [0.5, 0.6) is 5.75 Å². The van der Waals surface area contributed by atoms with Crippen molar-refractivity contribution in [1.82, 2.24) is 14.9 Å². The third kappa shape index (κ3) is 3.97. The van der Waals surface area contributed by atoms with Gasteiger partial charge in [-0.2, -0.15) is 0 Å². The Kier molecular flexibility index (Phi) is 5.10. The second kappa shape index (κ2) is 7.82. The molecule has 4 rings (SSSR count). The number of carbonyl (C=O) groups is 1. The van der Waals surface area contributed by atoms with Crippen molar-refractivity contribution in [2.45, 2.75) is 32.1 Å². The number of hydrogen-bond donors (Lipinski definition) is 1. The summed E-state index contributed by atoms with van der Waals surface area (Å²) in [6.45, 7) is 3.71. The minimum Gasteiger partial charge on any atom is -0.484 e. The summed E-state index contributed by atoms with van der Waals surface area (Å²) >= 11 is 0. The summed E-state index contributed by atoms with van der Waals surface area (Å²) in [6.07, 6.45) is 2.85. The van der Waals surface area contributed by atoms with Gasteiger partial charge in [-0.3, -0.25) is 4.79 Å². The number of nitrogens with one attached hydrogen (secondary N) is 1. The zero-order chi connectivity index (χ0) is 18.6. The molecule has 0 unspecified atom stereocenters. The highest BCUT2D eigenvalue weighted by atomic mass is 16.5. The van der Waals surface area contributed by atoms with Crippen LogP contribution < -0.4 is 4.74 Å². The summed E-state index contributed by atoms with van der Waals surface area (Å²) in [5.41, 5.74) is 3.35. The van der Waals surface area contributed by atoms with Gasteiger partial charge in [-0.1, -0.05) is 31.2 Å². The number of hydrogen-bond acceptors (Lipinski definition) is 3. The van der Waals surface area contributed by atoms with Crippen molar-refractivity contribution in [3.05, 3.63) is 59.9 Å². The summed E-state index contributed by atoms with van der Waals surface area (Å²) in [7, 11) is 0. The maximum Gasteiger partial charge on any atom is 0.260 e. The first-order valence-corrected chi connectivity index (χ1v) is 9.67. The van der Waals surface area contributed by atoms with Crippen molar-refractivity contribution < 1.29 is 9.53 Å². The highest BCUT2D eigenvalue weighted by Crippen LogP contribution is 2.27. The molecule has 0 spiro atoms. The van der Waals surface area contributed by atoms with Gasteiger partial charge in [0.15, 0.2) is 6.61 Å². The largest absolute Gasteiger partial charge is 0.484 e. The highest BCUT2D eigenvalue weighted by molar-refractivity contribution is 5.78. The van der Waals surface area contributed by atoms with Crippen molar-refractivity contribution in [3.63, 3.8) is 0 Å². The predicted octanol–water partition coefficient (Wildman–Crippen LogP) is 3.91. The van der Waals surface area contributed by atoms with Gasteiger partial charge in [0, 0.05) is 19.0 Å². The monoisotopic (exact) mass is 363 g/mol. The van der Waals surface area contributed by atoms with Crippen LogP contribution in [0.2, 0.25) is 0 Å². The third-order valence-corrected chi connectivity index (χ3v) is 5.34. The summed E-state index contributed by atoms with van der Waals surface area (Å²) in [5, 5.41) is 0. The normalized spacial score (nSPS) is 15.2. The Balaban J connectivity index is 1.29. The van der Waals surface area contributed by atoms with Crippen molar-refractivity contribution >= 4 is 16.9 Å². The molecule has 0 atom stereocenters. The van der Waals surface area contributed by atoms with Gasteiger partial charge in [0.2, 0.25) is 0 Å². The molecular weight excluding hydrogens is 338 g/mol. The number of amides is 1. The highest BCUT2D eigenvalue weighted by Gasteiger charge is 2.25. The van der Waals surface area contributed by atoms with E-state index in [4.69, 9.17) is 9.72 Å². The molecule has 27 heavy (non-hydrogen) atoms. The van der Waals surface area contributed by atoms with E-state index >= 15 is 0 Å². The van der Waals surface area contributed by atoms with Crippen LogP contribution in [-0.2, 0) is 11.2 Å². The smallest absolute Gasteiger partial charge is 0.260 e. The van der Waals surface area contributed by atoms with Gasteiger partial charge in [0.1, 0.15) is 11.6 Å². The van der Waals surface area contributed by atoms with E-state index in [1.807, 2.05) is 47.4 Å². The zero-order valence-corrected chi connectivity index (χ0v) is 15.6. The number of likely N-dealkylation sites (tertiary alicyclic amines) is 1. The number of nitrogens with zero attached hydrogens (tertiary/aromatic N) is 2. The molecule has 1 N–H and O–H groups in total. The van der Waals surface area contributed by atoms with Gasteiger partial charge < -0.3 is 14.6 Å². The topological polar surface area (TPSA) is 58.2 Å². The van der Waals surface area contributed by atoms with Crippen LogP contribution in [0.15, 0.2) is 48.5 Å². The lowest BCUT2D eigenvalue weighted by Crippen LogP contribution is -2.40. The number of piperidine rings is 1. The Labute approximate surface area is 159 Å². The molecule has 3 aromatic rings. The second-order valence-electron chi connectivity index (χ2n) is 7.08. The summed E-state index contributed by atoms with van der Waals surface area (Å²) in [6, 6.07) is 16.0. The standard InChI is InChI=1S/C22H25N3O2/c1-2-16-7-9-18(10-8-16)27-15-21(26)25-13-11-17(12-14-25)22-23-19-5-3-4-6-20(19)24-22/h3-10,17H,2,11-15H2,1H3,(H,23,24). The van der Waals surface area contributed by atoms with Gasteiger partial charge in [-0.25, -0.2) is 4.98 Å². The van der Waals surface area contributed by atoms with Crippen LogP contribution in [0.25, 0.3) is 11.0 Å². The predicted molar refractivity (Wildman–Crippen MR) is 106 cm³/mol. The third-order valence-electron chi connectivity index (χ3n) is 5.34. The number of para-hydroxylation sites is 2. The van der Waals surface area contributed by atoms with Crippen LogP contribution in [0.1, 0.15) is 37.1 Å². The minimum absolute atomic E-state index is 0.0534. The molecule has 0 aliphatic carbocycles. The van der Waals surface area contributed by atoms with E-state index in [1.54, 1.807) is 0 Å². The molecular formula is C22H25N3O2. The maximum atomic E-state index is 12.5. The van der Waals surface area contributed by atoms with E-state index in [2.05, 4.69) is 18.0 Å². The zero-order valence-electron chi connectivity index (χ0n) is 15.6. The van der Waals surface area contributed by atoms with Crippen LogP contribution >= 0.6 is 0 Å². The first kappa shape index (κ1) is 17.6. The molecule has 5 heteroatoms. The van der Waals surface area contributed by atoms with Gasteiger partial charge in [0.05, 0.1) is 11.0 Å². The first-order chi connectivity index (χ1) is 13.2. The maximum absolute atomic E-state index is 12.5. The molecule has 1 aliphatic heterocycles. The molecule has 1 amide bonds. The number of benzene rings is 2. The number of rotatable bonds is 5. The summed E-state index contributed by atoms with van der Waals surface area (Å²) in [4.78, 5) is 22.5. The SMILES string of the molecule is CCc1ccc(OCC(=O)N2CCC(c3nc4ccccc4[nH]3)CC2)cc1. The lowest BCUT2D eigenvalue weighted by molar-refractivity contribution is -0.134. The van der Waals surface area contributed by atoms with Crippen molar-refractivity contribution in [1.29, 1.82) is 0 Å². The van der Waals surface area contributed by atoms with E-state index < -0.39 is 0 Å². The Morgan fingerprint density at radius 2 is 1.89 bits per heavy atom. The average Bonchev–Trinajstić information content (AvgIpc) is 3.17. The van der Waals surface area contributed by atoms with E-state index in [9.17, 15) is 4.79 Å². The Morgan fingerprint density at radius 3 is 2.59 bits per heavy atom. The lowest BCUT2D eigenvalue weighted by atomic mass is 9.96. The fourth-order valence-corrected chi connectivity index (χ4v) is 3.63. The van der Waals surface area contributed by atoms with Crippen molar-refractivity contribution in [3.8, 4) is 5.75 Å². The molecule has 0 saturated carbocycles. The number of aromatic amines is 1. The first-order valence-electron chi connectivity index (χ1n) is 9.67. The Hall–Kier alpha value is -2.82. The number of H-pyrrole nitrogens is 1. The minimum atomic E-state index is 0.0534. The number of carbonyl (C=O) groups excluding carboxylic acids is 1. The van der Waals surface area contributed by atoms with E-state index in [0.717, 1.165) is 55.0 Å². The van der Waals surface area contributed by atoms with Crippen LogP contribution in [0.4, 0.5) is 0 Å². The van der Waals surface area contributed by atoms with Crippen LogP contribution in [0, 0.1) is 0 Å².